The third kappa shape index (κ3) is 4.80. The molecule has 1 atom stereocenters. The van der Waals surface area contributed by atoms with Crippen molar-refractivity contribution < 1.29 is 27.9 Å². The number of rotatable bonds is 5. The number of hydrogen-bond acceptors (Lipinski definition) is 4. The Hall–Kier alpha value is -1.64. The normalized spacial score (nSPS) is 13.1. The van der Waals surface area contributed by atoms with E-state index in [1.807, 2.05) is 0 Å². The lowest BCUT2D eigenvalue weighted by Crippen LogP contribution is -2.27. The summed E-state index contributed by atoms with van der Waals surface area (Å²) in [6.07, 6.45) is -6.23. The summed E-state index contributed by atoms with van der Waals surface area (Å²) in [4.78, 5) is 26.2. The summed E-state index contributed by atoms with van der Waals surface area (Å²) in [5.41, 5.74) is 0.314. The smallest absolute Gasteiger partial charge is 0.389 e. The van der Waals surface area contributed by atoms with Crippen LogP contribution in [0.1, 0.15) is 46.2 Å². The van der Waals surface area contributed by atoms with Gasteiger partial charge in [-0.1, -0.05) is 0 Å². The quantitative estimate of drug-likeness (QED) is 0.876. The molecule has 1 amide bonds. The number of hydrogen-bond donors (Lipinski definition) is 2. The SMILES string of the molecule is Cc1nc([C@H](C)NC(=O)CCC(F)(F)F)sc1C(=O)O. The summed E-state index contributed by atoms with van der Waals surface area (Å²) in [6.45, 7) is 3.05. The molecule has 1 heterocycles. The van der Waals surface area contributed by atoms with Crippen LogP contribution in [0.5, 0.6) is 0 Å². The second-order valence-corrected chi connectivity index (χ2v) is 5.21. The Kier molecular flexibility index (Phi) is 5.09. The van der Waals surface area contributed by atoms with Crippen LogP contribution in [0.15, 0.2) is 0 Å². The summed E-state index contributed by atoms with van der Waals surface area (Å²) >= 11 is 0.894. The molecule has 0 bridgehead atoms. The van der Waals surface area contributed by atoms with Gasteiger partial charge in [0.2, 0.25) is 5.91 Å². The number of aromatic carboxylic acids is 1. The number of thiazole rings is 1. The number of carbonyl (C=O) groups is 2. The Morgan fingerprint density at radius 3 is 2.50 bits per heavy atom. The Bertz CT molecular complexity index is 514. The Labute approximate surface area is 116 Å². The molecule has 0 aliphatic rings. The van der Waals surface area contributed by atoms with Crippen LogP contribution >= 0.6 is 11.3 Å². The Balaban J connectivity index is 2.62. The van der Waals surface area contributed by atoms with Gasteiger partial charge in [0.05, 0.1) is 18.2 Å². The van der Waals surface area contributed by atoms with Gasteiger partial charge in [-0.15, -0.1) is 11.3 Å². The summed E-state index contributed by atoms with van der Waals surface area (Å²) in [5.74, 6) is -1.87. The number of aromatic nitrogens is 1. The number of carboxylic acids is 1. The average Bonchev–Trinajstić information content (AvgIpc) is 2.68. The number of carboxylic acid groups (broad SMARTS) is 1. The molecule has 20 heavy (non-hydrogen) atoms. The highest BCUT2D eigenvalue weighted by molar-refractivity contribution is 7.13. The number of alkyl halides is 3. The summed E-state index contributed by atoms with van der Waals surface area (Å²) in [5, 5.41) is 11.6. The van der Waals surface area contributed by atoms with E-state index in [1.165, 1.54) is 13.8 Å². The minimum atomic E-state index is -4.38. The van der Waals surface area contributed by atoms with Gasteiger partial charge in [-0.3, -0.25) is 4.79 Å². The van der Waals surface area contributed by atoms with Crippen LogP contribution in [0.2, 0.25) is 0 Å². The van der Waals surface area contributed by atoms with Crippen LogP contribution < -0.4 is 5.32 Å². The lowest BCUT2D eigenvalue weighted by atomic mass is 10.2. The van der Waals surface area contributed by atoms with Crippen molar-refractivity contribution >= 4 is 23.2 Å². The highest BCUT2D eigenvalue weighted by Gasteiger charge is 2.28. The number of nitrogens with one attached hydrogen (secondary N) is 1. The molecule has 2 N–H and O–H groups in total. The molecule has 0 unspecified atom stereocenters. The van der Waals surface area contributed by atoms with Crippen molar-refractivity contribution in [2.75, 3.05) is 0 Å². The van der Waals surface area contributed by atoms with E-state index in [-0.39, 0.29) is 4.88 Å². The first-order chi connectivity index (χ1) is 9.10. The third-order valence-electron chi connectivity index (χ3n) is 2.39. The summed E-state index contributed by atoms with van der Waals surface area (Å²) in [6, 6.07) is -0.632. The molecule has 0 saturated carbocycles. The number of carbonyl (C=O) groups excluding carboxylic acids is 1. The first-order valence-corrected chi connectivity index (χ1v) is 6.48. The van der Waals surface area contributed by atoms with Gasteiger partial charge in [0.1, 0.15) is 9.88 Å². The first kappa shape index (κ1) is 16.4. The first-order valence-electron chi connectivity index (χ1n) is 5.67. The monoisotopic (exact) mass is 310 g/mol. The average molecular weight is 310 g/mol. The van der Waals surface area contributed by atoms with E-state index in [2.05, 4.69) is 10.3 Å². The molecule has 1 rings (SSSR count). The number of aryl methyl sites for hydroxylation is 1. The van der Waals surface area contributed by atoms with E-state index < -0.39 is 36.9 Å². The lowest BCUT2D eigenvalue weighted by molar-refractivity contribution is -0.144. The van der Waals surface area contributed by atoms with Crippen molar-refractivity contribution in [3.8, 4) is 0 Å². The van der Waals surface area contributed by atoms with E-state index in [4.69, 9.17) is 5.11 Å². The van der Waals surface area contributed by atoms with Crippen molar-refractivity contribution in [1.82, 2.24) is 10.3 Å². The van der Waals surface area contributed by atoms with Gasteiger partial charge in [-0.2, -0.15) is 13.2 Å². The fourth-order valence-electron chi connectivity index (χ4n) is 1.43. The van der Waals surface area contributed by atoms with Crippen molar-refractivity contribution in [3.05, 3.63) is 15.6 Å². The zero-order valence-electron chi connectivity index (χ0n) is 10.7. The van der Waals surface area contributed by atoms with E-state index in [0.29, 0.717) is 10.7 Å². The number of halogens is 3. The number of nitrogens with zero attached hydrogens (tertiary/aromatic N) is 1. The van der Waals surface area contributed by atoms with Crippen molar-refractivity contribution in [1.29, 1.82) is 0 Å². The fourth-order valence-corrected chi connectivity index (χ4v) is 2.34. The second kappa shape index (κ2) is 6.21. The molecule has 0 aromatic carbocycles. The maximum Gasteiger partial charge on any atom is 0.389 e. The Morgan fingerprint density at radius 1 is 1.45 bits per heavy atom. The van der Waals surface area contributed by atoms with Crippen LogP contribution in [0.3, 0.4) is 0 Å². The predicted octanol–water partition coefficient (Wildman–Crippen LogP) is 2.67. The van der Waals surface area contributed by atoms with Gasteiger partial charge in [0.15, 0.2) is 0 Å². The van der Waals surface area contributed by atoms with Gasteiger partial charge >= 0.3 is 12.1 Å². The molecule has 1 aromatic heterocycles. The van der Waals surface area contributed by atoms with Crippen LogP contribution in [0.25, 0.3) is 0 Å². The molecule has 0 fully saturated rings. The molecule has 112 valence electrons. The number of amides is 1. The van der Waals surface area contributed by atoms with Crippen molar-refractivity contribution in [2.24, 2.45) is 0 Å². The molecular formula is C11H13F3N2O3S. The molecule has 0 aliphatic heterocycles. The molecule has 0 aliphatic carbocycles. The molecule has 1 aromatic rings. The predicted molar refractivity (Wildman–Crippen MR) is 65.7 cm³/mol. The van der Waals surface area contributed by atoms with Gasteiger partial charge in [0.25, 0.3) is 0 Å². The lowest BCUT2D eigenvalue weighted by Gasteiger charge is -2.12. The summed E-state index contributed by atoms with van der Waals surface area (Å²) < 4.78 is 35.9. The van der Waals surface area contributed by atoms with E-state index in [1.54, 1.807) is 0 Å². The van der Waals surface area contributed by atoms with E-state index in [0.717, 1.165) is 11.3 Å². The molecular weight excluding hydrogens is 297 g/mol. The minimum Gasteiger partial charge on any atom is -0.477 e. The molecule has 0 spiro atoms. The van der Waals surface area contributed by atoms with Gasteiger partial charge < -0.3 is 10.4 Å². The topological polar surface area (TPSA) is 79.3 Å². The van der Waals surface area contributed by atoms with Crippen LogP contribution in [-0.4, -0.2) is 28.1 Å². The summed E-state index contributed by atoms with van der Waals surface area (Å²) in [7, 11) is 0. The molecule has 0 saturated heterocycles. The van der Waals surface area contributed by atoms with Gasteiger partial charge in [-0.25, -0.2) is 9.78 Å². The molecule has 0 radical (unpaired) electrons. The van der Waals surface area contributed by atoms with Crippen molar-refractivity contribution in [3.63, 3.8) is 0 Å². The second-order valence-electron chi connectivity index (χ2n) is 4.18. The Morgan fingerprint density at radius 2 is 2.05 bits per heavy atom. The fraction of sp³-hybridized carbons (Fsp3) is 0.545. The van der Waals surface area contributed by atoms with Crippen LogP contribution in [-0.2, 0) is 4.79 Å². The van der Waals surface area contributed by atoms with Gasteiger partial charge in [0, 0.05) is 6.42 Å². The van der Waals surface area contributed by atoms with Gasteiger partial charge in [-0.05, 0) is 13.8 Å². The largest absolute Gasteiger partial charge is 0.477 e. The maximum absolute atomic E-state index is 12.0. The van der Waals surface area contributed by atoms with E-state index >= 15 is 0 Å². The standard InChI is InChI=1S/C11H13F3N2O3S/c1-5-8(10(18)19)20-9(16-5)6(2)15-7(17)3-4-11(12,13)14/h6H,3-4H2,1-2H3,(H,15,17)(H,18,19)/t6-/m0/s1. The van der Waals surface area contributed by atoms with Crippen LogP contribution in [0, 0.1) is 6.92 Å². The zero-order chi connectivity index (χ0) is 15.5. The maximum atomic E-state index is 12.0. The van der Waals surface area contributed by atoms with Crippen LogP contribution in [0.4, 0.5) is 13.2 Å². The zero-order valence-corrected chi connectivity index (χ0v) is 11.6. The third-order valence-corrected chi connectivity index (χ3v) is 3.72. The molecule has 5 nitrogen and oxygen atoms in total. The molecule has 9 heteroatoms. The van der Waals surface area contributed by atoms with Crippen molar-refractivity contribution in [2.45, 2.75) is 38.9 Å². The van der Waals surface area contributed by atoms with E-state index in [9.17, 15) is 22.8 Å². The highest BCUT2D eigenvalue weighted by atomic mass is 32.1. The minimum absolute atomic E-state index is 0.0522. The highest BCUT2D eigenvalue weighted by Crippen LogP contribution is 2.24.